The summed E-state index contributed by atoms with van der Waals surface area (Å²) in [6.45, 7) is 5.74. The van der Waals surface area contributed by atoms with Crippen molar-refractivity contribution in [1.82, 2.24) is 35.0 Å². The Morgan fingerprint density at radius 3 is 2.71 bits per heavy atom. The maximum absolute atomic E-state index is 12.8. The van der Waals surface area contributed by atoms with Crippen LogP contribution in [0.1, 0.15) is 34.4 Å². The molecule has 0 aromatic carbocycles. The van der Waals surface area contributed by atoms with Crippen molar-refractivity contribution in [3.8, 4) is 17.2 Å². The van der Waals surface area contributed by atoms with Gasteiger partial charge in [0.05, 0.1) is 23.1 Å². The van der Waals surface area contributed by atoms with Crippen molar-refractivity contribution < 1.29 is 4.79 Å². The first kappa shape index (κ1) is 20.3. The molecule has 1 unspecified atom stereocenters. The molecule has 4 heterocycles. The Morgan fingerprint density at radius 2 is 1.94 bits per heavy atom. The van der Waals surface area contributed by atoms with E-state index in [0.717, 1.165) is 22.6 Å². The number of aryl methyl sites for hydroxylation is 1. The summed E-state index contributed by atoms with van der Waals surface area (Å²) < 4.78 is 1.57. The number of aromatic nitrogens is 6. The van der Waals surface area contributed by atoms with Gasteiger partial charge in [0.25, 0.3) is 11.9 Å². The monoisotopic (exact) mass is 413 g/mol. The zero-order valence-electron chi connectivity index (χ0n) is 17.6. The van der Waals surface area contributed by atoms with E-state index in [1.807, 2.05) is 57.2 Å². The van der Waals surface area contributed by atoms with E-state index in [-0.39, 0.29) is 11.9 Å². The molecular weight excluding hydrogens is 390 g/mol. The predicted octanol–water partition coefficient (Wildman–Crippen LogP) is 3.10. The van der Waals surface area contributed by atoms with E-state index in [9.17, 15) is 4.79 Å². The number of carbonyl (C=O) groups excluding carboxylic acids is 1. The van der Waals surface area contributed by atoms with Crippen LogP contribution in [-0.2, 0) is 6.42 Å². The van der Waals surface area contributed by atoms with Crippen molar-refractivity contribution in [2.45, 2.75) is 33.2 Å². The summed E-state index contributed by atoms with van der Waals surface area (Å²) >= 11 is 0. The molecule has 0 aliphatic heterocycles. The molecule has 0 saturated heterocycles. The first-order valence-corrected chi connectivity index (χ1v) is 10.0. The van der Waals surface area contributed by atoms with Crippen LogP contribution in [0.15, 0.2) is 61.2 Å². The number of hydrogen-bond donors (Lipinski definition) is 1. The van der Waals surface area contributed by atoms with Crippen molar-refractivity contribution in [1.29, 1.82) is 0 Å². The second kappa shape index (κ2) is 8.83. The van der Waals surface area contributed by atoms with Gasteiger partial charge in [-0.25, -0.2) is 14.6 Å². The zero-order valence-corrected chi connectivity index (χ0v) is 17.6. The zero-order chi connectivity index (χ0) is 21.8. The van der Waals surface area contributed by atoms with Crippen LogP contribution >= 0.6 is 0 Å². The van der Waals surface area contributed by atoms with E-state index in [0.29, 0.717) is 23.6 Å². The van der Waals surface area contributed by atoms with E-state index in [1.54, 1.807) is 29.5 Å². The van der Waals surface area contributed by atoms with Gasteiger partial charge in [-0.1, -0.05) is 6.07 Å². The van der Waals surface area contributed by atoms with Gasteiger partial charge < -0.3 is 5.32 Å². The first-order valence-electron chi connectivity index (χ1n) is 10.0. The van der Waals surface area contributed by atoms with Crippen molar-refractivity contribution in [3.05, 3.63) is 83.8 Å². The van der Waals surface area contributed by atoms with Crippen LogP contribution in [0.25, 0.3) is 17.2 Å². The highest BCUT2D eigenvalue weighted by molar-refractivity contribution is 5.95. The van der Waals surface area contributed by atoms with Crippen LogP contribution < -0.4 is 5.32 Å². The standard InChI is InChI=1S/C23H23N7O/c1-15-6-4-8-19(27-15)12-16(2)28-22(31)20-14-26-30(17(20)3)23-25-11-9-21(29-23)18-7-5-10-24-13-18/h4-11,13-14,16H,12H2,1-3H3,(H,28,31). The SMILES string of the molecule is Cc1cccc(CC(C)NC(=O)c2cnn(-c3nccc(-c4cccnc4)n3)c2C)n1. The van der Waals surface area contributed by atoms with E-state index in [4.69, 9.17) is 0 Å². The molecule has 0 saturated carbocycles. The van der Waals surface area contributed by atoms with Gasteiger partial charge in [0.15, 0.2) is 0 Å². The molecule has 0 aliphatic rings. The highest BCUT2D eigenvalue weighted by Crippen LogP contribution is 2.17. The van der Waals surface area contributed by atoms with E-state index in [2.05, 4.69) is 30.4 Å². The quantitative estimate of drug-likeness (QED) is 0.522. The topological polar surface area (TPSA) is 98.5 Å². The van der Waals surface area contributed by atoms with Gasteiger partial charge in [0.2, 0.25) is 0 Å². The Labute approximate surface area is 180 Å². The van der Waals surface area contributed by atoms with Crippen LogP contribution in [0.3, 0.4) is 0 Å². The number of amides is 1. The normalized spacial score (nSPS) is 11.8. The number of rotatable bonds is 6. The van der Waals surface area contributed by atoms with E-state index >= 15 is 0 Å². The van der Waals surface area contributed by atoms with Gasteiger partial charge in [0, 0.05) is 48.0 Å². The van der Waals surface area contributed by atoms with Crippen molar-refractivity contribution in [2.75, 3.05) is 0 Å². The molecule has 0 spiro atoms. The molecule has 8 nitrogen and oxygen atoms in total. The third-order valence-corrected chi connectivity index (χ3v) is 4.88. The molecule has 0 bridgehead atoms. The van der Waals surface area contributed by atoms with Gasteiger partial charge in [-0.05, 0) is 51.1 Å². The summed E-state index contributed by atoms with van der Waals surface area (Å²) in [5.74, 6) is 0.210. The summed E-state index contributed by atoms with van der Waals surface area (Å²) in [5.41, 5.74) is 4.68. The second-order valence-electron chi connectivity index (χ2n) is 7.39. The number of nitrogens with one attached hydrogen (secondary N) is 1. The molecule has 8 heteroatoms. The second-order valence-corrected chi connectivity index (χ2v) is 7.39. The summed E-state index contributed by atoms with van der Waals surface area (Å²) in [6.07, 6.45) is 7.32. The Kier molecular flexibility index (Phi) is 5.79. The lowest BCUT2D eigenvalue weighted by atomic mass is 10.1. The van der Waals surface area contributed by atoms with E-state index < -0.39 is 0 Å². The largest absolute Gasteiger partial charge is 0.349 e. The van der Waals surface area contributed by atoms with Crippen LogP contribution in [0.2, 0.25) is 0 Å². The van der Waals surface area contributed by atoms with Gasteiger partial charge in [-0.3, -0.25) is 14.8 Å². The van der Waals surface area contributed by atoms with E-state index in [1.165, 1.54) is 0 Å². The smallest absolute Gasteiger partial charge is 0.254 e. The molecule has 4 aromatic heterocycles. The average Bonchev–Trinajstić information content (AvgIpc) is 3.16. The Hall–Kier alpha value is -3.94. The van der Waals surface area contributed by atoms with Crippen molar-refractivity contribution >= 4 is 5.91 Å². The molecule has 4 rings (SSSR count). The molecule has 31 heavy (non-hydrogen) atoms. The minimum Gasteiger partial charge on any atom is -0.349 e. The highest BCUT2D eigenvalue weighted by atomic mass is 16.1. The number of carbonyl (C=O) groups is 1. The third kappa shape index (κ3) is 4.63. The molecule has 0 radical (unpaired) electrons. The summed E-state index contributed by atoms with van der Waals surface area (Å²) in [6, 6.07) is 11.4. The predicted molar refractivity (Wildman–Crippen MR) is 117 cm³/mol. The molecule has 1 N–H and O–H groups in total. The lowest BCUT2D eigenvalue weighted by Crippen LogP contribution is -2.34. The highest BCUT2D eigenvalue weighted by Gasteiger charge is 2.18. The third-order valence-electron chi connectivity index (χ3n) is 4.88. The lowest BCUT2D eigenvalue weighted by molar-refractivity contribution is 0.0939. The fourth-order valence-corrected chi connectivity index (χ4v) is 3.34. The first-order chi connectivity index (χ1) is 15.0. The maximum Gasteiger partial charge on any atom is 0.254 e. The van der Waals surface area contributed by atoms with Crippen molar-refractivity contribution in [3.63, 3.8) is 0 Å². The Balaban J connectivity index is 1.51. The number of hydrogen-bond acceptors (Lipinski definition) is 6. The van der Waals surface area contributed by atoms with Crippen LogP contribution in [-0.4, -0.2) is 41.7 Å². The number of nitrogens with zero attached hydrogens (tertiary/aromatic N) is 6. The molecule has 4 aromatic rings. The minimum atomic E-state index is -0.188. The Bertz CT molecular complexity index is 1200. The molecule has 1 atom stereocenters. The fourth-order valence-electron chi connectivity index (χ4n) is 3.34. The lowest BCUT2D eigenvalue weighted by Gasteiger charge is -2.13. The van der Waals surface area contributed by atoms with Gasteiger partial charge in [-0.15, -0.1) is 0 Å². The van der Waals surface area contributed by atoms with Gasteiger partial charge >= 0.3 is 0 Å². The summed E-state index contributed by atoms with van der Waals surface area (Å²) in [5, 5.41) is 7.37. The molecule has 1 amide bonds. The van der Waals surface area contributed by atoms with Crippen LogP contribution in [0.4, 0.5) is 0 Å². The molecular formula is C23H23N7O. The number of pyridine rings is 2. The Morgan fingerprint density at radius 1 is 1.06 bits per heavy atom. The molecule has 0 fully saturated rings. The summed E-state index contributed by atoms with van der Waals surface area (Å²) in [7, 11) is 0. The molecule has 156 valence electrons. The van der Waals surface area contributed by atoms with Crippen LogP contribution in [0.5, 0.6) is 0 Å². The molecule has 0 aliphatic carbocycles. The average molecular weight is 413 g/mol. The summed E-state index contributed by atoms with van der Waals surface area (Å²) in [4.78, 5) is 30.4. The minimum absolute atomic E-state index is 0.0743. The van der Waals surface area contributed by atoms with Crippen molar-refractivity contribution in [2.24, 2.45) is 0 Å². The van der Waals surface area contributed by atoms with Gasteiger partial charge in [-0.2, -0.15) is 5.10 Å². The maximum atomic E-state index is 12.8. The van der Waals surface area contributed by atoms with Crippen LogP contribution in [0, 0.1) is 13.8 Å². The van der Waals surface area contributed by atoms with Gasteiger partial charge in [0.1, 0.15) is 0 Å². The fraction of sp³-hybridized carbons (Fsp3) is 0.217.